The number of hydrogen-bond donors (Lipinski definition) is 1. The molecule has 0 fully saturated rings. The number of ether oxygens (including phenoxy) is 1. The Balaban J connectivity index is 2.07. The number of nitrogens with zero attached hydrogens (tertiary/aromatic N) is 1. The molecule has 114 valence electrons. The minimum absolute atomic E-state index is 0.0744. The number of benzene rings is 1. The minimum atomic E-state index is -0.808. The first-order valence-electron chi connectivity index (χ1n) is 7.11. The van der Waals surface area contributed by atoms with Crippen LogP contribution in [0, 0.1) is 0 Å². The van der Waals surface area contributed by atoms with Crippen LogP contribution in [-0.4, -0.2) is 16.9 Å². The number of pyridine rings is 1. The Bertz CT molecular complexity index is 614. The molecule has 1 N–H and O–H groups in total. The molecule has 2 aromatic rings. The van der Waals surface area contributed by atoms with Gasteiger partial charge in [0, 0.05) is 12.6 Å². The van der Waals surface area contributed by atoms with Crippen LogP contribution in [-0.2, 0) is 20.9 Å². The van der Waals surface area contributed by atoms with Crippen molar-refractivity contribution in [3.8, 4) is 0 Å². The molecule has 0 radical (unpaired) electrons. The summed E-state index contributed by atoms with van der Waals surface area (Å²) in [7, 11) is 0. The summed E-state index contributed by atoms with van der Waals surface area (Å²) in [5.41, 5.74) is 1.35. The lowest BCUT2D eigenvalue weighted by atomic mass is 10.1. The molecule has 1 amide bonds. The Labute approximate surface area is 129 Å². The Morgan fingerprint density at radius 1 is 1.14 bits per heavy atom. The SMILES string of the molecule is CCC(=O)N[C@@H](C(=O)OCc1ccccn1)c1ccccc1. The van der Waals surface area contributed by atoms with Crippen LogP contribution in [0.2, 0.25) is 0 Å². The molecular formula is C17H18N2O3. The van der Waals surface area contributed by atoms with Gasteiger partial charge >= 0.3 is 5.97 Å². The highest BCUT2D eigenvalue weighted by Crippen LogP contribution is 2.15. The second kappa shape index (κ2) is 7.93. The van der Waals surface area contributed by atoms with E-state index < -0.39 is 12.0 Å². The Morgan fingerprint density at radius 3 is 2.50 bits per heavy atom. The van der Waals surface area contributed by atoms with E-state index in [1.54, 1.807) is 37.4 Å². The molecule has 0 aliphatic rings. The van der Waals surface area contributed by atoms with E-state index in [9.17, 15) is 9.59 Å². The standard InChI is InChI=1S/C17H18N2O3/c1-2-15(20)19-16(13-8-4-3-5-9-13)17(21)22-12-14-10-6-7-11-18-14/h3-11,16H,2,12H2,1H3,(H,19,20)/t16-/m1/s1. The van der Waals surface area contributed by atoms with Crippen molar-refractivity contribution in [1.29, 1.82) is 0 Å². The third-order valence-electron chi connectivity index (χ3n) is 3.08. The second-order valence-corrected chi connectivity index (χ2v) is 4.69. The summed E-state index contributed by atoms with van der Waals surface area (Å²) in [6.07, 6.45) is 1.94. The zero-order valence-electron chi connectivity index (χ0n) is 12.4. The highest BCUT2D eigenvalue weighted by Gasteiger charge is 2.23. The summed E-state index contributed by atoms with van der Waals surface area (Å²) in [5, 5.41) is 2.69. The van der Waals surface area contributed by atoms with Gasteiger partial charge in [-0.1, -0.05) is 43.3 Å². The number of amides is 1. The van der Waals surface area contributed by atoms with Crippen molar-refractivity contribution < 1.29 is 14.3 Å². The number of nitrogens with one attached hydrogen (secondary N) is 1. The normalized spacial score (nSPS) is 11.5. The van der Waals surface area contributed by atoms with E-state index in [4.69, 9.17) is 4.74 Å². The molecule has 22 heavy (non-hydrogen) atoms. The Morgan fingerprint density at radius 2 is 1.86 bits per heavy atom. The smallest absolute Gasteiger partial charge is 0.333 e. The Kier molecular flexibility index (Phi) is 5.65. The molecule has 5 heteroatoms. The average Bonchev–Trinajstić information content (AvgIpc) is 2.59. The largest absolute Gasteiger partial charge is 0.457 e. The number of carbonyl (C=O) groups is 2. The maximum atomic E-state index is 12.3. The first-order chi connectivity index (χ1) is 10.7. The van der Waals surface area contributed by atoms with Gasteiger partial charge in [-0.05, 0) is 17.7 Å². The maximum absolute atomic E-state index is 12.3. The summed E-state index contributed by atoms with van der Waals surface area (Å²) >= 11 is 0. The molecule has 0 spiro atoms. The zero-order chi connectivity index (χ0) is 15.8. The molecule has 0 bridgehead atoms. The number of esters is 1. The second-order valence-electron chi connectivity index (χ2n) is 4.69. The Hall–Kier alpha value is -2.69. The summed E-state index contributed by atoms with van der Waals surface area (Å²) in [4.78, 5) is 28.0. The minimum Gasteiger partial charge on any atom is -0.457 e. The van der Waals surface area contributed by atoms with Crippen molar-refractivity contribution in [3.63, 3.8) is 0 Å². The molecule has 0 saturated carbocycles. The van der Waals surface area contributed by atoms with Crippen LogP contribution >= 0.6 is 0 Å². The number of carbonyl (C=O) groups excluding carboxylic acids is 2. The summed E-state index contributed by atoms with van der Waals surface area (Å²) in [6.45, 7) is 1.81. The van der Waals surface area contributed by atoms with Crippen LogP contribution in [0.3, 0.4) is 0 Å². The van der Waals surface area contributed by atoms with E-state index in [0.29, 0.717) is 17.7 Å². The lowest BCUT2D eigenvalue weighted by Gasteiger charge is -2.17. The van der Waals surface area contributed by atoms with Gasteiger partial charge in [-0.2, -0.15) is 0 Å². The van der Waals surface area contributed by atoms with E-state index >= 15 is 0 Å². The molecule has 1 heterocycles. The first kappa shape index (κ1) is 15.7. The van der Waals surface area contributed by atoms with Crippen LogP contribution in [0.15, 0.2) is 54.7 Å². The fourth-order valence-electron chi connectivity index (χ4n) is 1.90. The van der Waals surface area contributed by atoms with E-state index in [2.05, 4.69) is 10.3 Å². The quantitative estimate of drug-likeness (QED) is 0.831. The molecule has 0 aliphatic carbocycles. The summed E-state index contributed by atoms with van der Waals surface area (Å²) in [5.74, 6) is -0.706. The van der Waals surface area contributed by atoms with Crippen LogP contribution in [0.4, 0.5) is 0 Å². The van der Waals surface area contributed by atoms with Crippen molar-refractivity contribution >= 4 is 11.9 Å². The van der Waals surface area contributed by atoms with Gasteiger partial charge < -0.3 is 10.1 Å². The van der Waals surface area contributed by atoms with Crippen molar-refractivity contribution in [3.05, 3.63) is 66.0 Å². The van der Waals surface area contributed by atoms with Crippen LogP contribution < -0.4 is 5.32 Å². The predicted octanol–water partition coefficient (Wildman–Crippen LogP) is 2.39. The molecule has 1 atom stereocenters. The lowest BCUT2D eigenvalue weighted by molar-refractivity contribution is -0.149. The van der Waals surface area contributed by atoms with Crippen molar-refractivity contribution in [2.45, 2.75) is 26.0 Å². The van der Waals surface area contributed by atoms with Crippen LogP contribution in [0.1, 0.15) is 30.6 Å². The summed E-state index contributed by atoms with van der Waals surface area (Å²) < 4.78 is 5.27. The molecular weight excluding hydrogens is 280 g/mol. The first-order valence-corrected chi connectivity index (χ1v) is 7.11. The van der Waals surface area contributed by atoms with Crippen LogP contribution in [0.5, 0.6) is 0 Å². The highest BCUT2D eigenvalue weighted by atomic mass is 16.5. The van der Waals surface area contributed by atoms with Crippen LogP contribution in [0.25, 0.3) is 0 Å². The van der Waals surface area contributed by atoms with E-state index in [1.165, 1.54) is 0 Å². The lowest BCUT2D eigenvalue weighted by Crippen LogP contribution is -2.34. The fourth-order valence-corrected chi connectivity index (χ4v) is 1.90. The molecule has 0 saturated heterocycles. The van der Waals surface area contributed by atoms with Gasteiger partial charge in [-0.15, -0.1) is 0 Å². The topological polar surface area (TPSA) is 68.3 Å². The van der Waals surface area contributed by atoms with E-state index in [-0.39, 0.29) is 12.5 Å². The van der Waals surface area contributed by atoms with Gasteiger partial charge in [-0.25, -0.2) is 4.79 Å². The fraction of sp³-hybridized carbons (Fsp3) is 0.235. The zero-order valence-corrected chi connectivity index (χ0v) is 12.4. The monoisotopic (exact) mass is 298 g/mol. The third kappa shape index (κ3) is 4.41. The van der Waals surface area contributed by atoms with Gasteiger partial charge in [0.1, 0.15) is 6.61 Å². The molecule has 1 aromatic heterocycles. The summed E-state index contributed by atoms with van der Waals surface area (Å²) in [6, 6.07) is 13.6. The highest BCUT2D eigenvalue weighted by molar-refractivity contribution is 5.85. The molecule has 2 rings (SSSR count). The van der Waals surface area contributed by atoms with Gasteiger partial charge in [-0.3, -0.25) is 9.78 Å². The van der Waals surface area contributed by atoms with E-state index in [0.717, 1.165) is 0 Å². The molecule has 1 aromatic carbocycles. The average molecular weight is 298 g/mol. The van der Waals surface area contributed by atoms with Crippen molar-refractivity contribution in [2.75, 3.05) is 0 Å². The molecule has 0 aliphatic heterocycles. The maximum Gasteiger partial charge on any atom is 0.333 e. The predicted molar refractivity (Wildman–Crippen MR) is 81.6 cm³/mol. The van der Waals surface area contributed by atoms with Gasteiger partial charge in [0.2, 0.25) is 5.91 Å². The molecule has 5 nitrogen and oxygen atoms in total. The third-order valence-corrected chi connectivity index (χ3v) is 3.08. The van der Waals surface area contributed by atoms with E-state index in [1.807, 2.05) is 24.3 Å². The van der Waals surface area contributed by atoms with Gasteiger partial charge in [0.25, 0.3) is 0 Å². The number of hydrogen-bond acceptors (Lipinski definition) is 4. The molecule has 0 unspecified atom stereocenters. The van der Waals surface area contributed by atoms with Gasteiger partial charge in [0.15, 0.2) is 6.04 Å². The van der Waals surface area contributed by atoms with Crippen molar-refractivity contribution in [2.24, 2.45) is 0 Å². The number of aromatic nitrogens is 1. The van der Waals surface area contributed by atoms with Crippen molar-refractivity contribution in [1.82, 2.24) is 10.3 Å². The van der Waals surface area contributed by atoms with Gasteiger partial charge in [0.05, 0.1) is 5.69 Å². The number of rotatable bonds is 6.